The molecule has 0 fully saturated rings. The molecular formula is C13H16BNO4S. The number of esters is 1. The molecule has 20 heavy (non-hydrogen) atoms. The molecule has 106 valence electrons. The van der Waals surface area contributed by atoms with E-state index in [4.69, 9.17) is 4.74 Å². The van der Waals surface area contributed by atoms with Crippen molar-refractivity contribution in [2.24, 2.45) is 0 Å². The van der Waals surface area contributed by atoms with Crippen LogP contribution in [-0.2, 0) is 16.0 Å². The maximum Gasteiger partial charge on any atom is 0.490 e. The fourth-order valence-corrected chi connectivity index (χ4v) is 2.79. The lowest BCUT2D eigenvalue weighted by atomic mass is 9.79. The Bertz CT molecular complexity index is 633. The maximum atomic E-state index is 11.8. The first kappa shape index (κ1) is 15.0. The number of para-hydroxylation sites is 1. The summed E-state index contributed by atoms with van der Waals surface area (Å²) in [6, 6.07) is 5.16. The van der Waals surface area contributed by atoms with Crippen LogP contribution in [-0.4, -0.2) is 33.7 Å². The predicted molar refractivity (Wildman–Crippen MR) is 79.0 cm³/mol. The largest absolute Gasteiger partial charge is 0.490 e. The highest BCUT2D eigenvalue weighted by Gasteiger charge is 2.20. The summed E-state index contributed by atoms with van der Waals surface area (Å²) < 4.78 is 6.06. The summed E-state index contributed by atoms with van der Waals surface area (Å²) in [4.78, 5) is 16.1. The van der Waals surface area contributed by atoms with Crippen LogP contribution in [0.15, 0.2) is 18.2 Å². The van der Waals surface area contributed by atoms with Gasteiger partial charge in [0, 0.05) is 5.46 Å². The summed E-state index contributed by atoms with van der Waals surface area (Å²) in [5, 5.41) is 19.2. The Labute approximate surface area is 121 Å². The first-order valence-corrected chi connectivity index (χ1v) is 7.04. The van der Waals surface area contributed by atoms with Crippen LogP contribution in [0.4, 0.5) is 0 Å². The SMILES string of the molecule is CC(C)(C)OC(=O)Cc1nc2c(B(O)O)cccc2s1. The minimum Gasteiger partial charge on any atom is -0.460 e. The van der Waals surface area contributed by atoms with Gasteiger partial charge >= 0.3 is 13.1 Å². The van der Waals surface area contributed by atoms with Gasteiger partial charge in [0.2, 0.25) is 0 Å². The average molecular weight is 293 g/mol. The number of aromatic nitrogens is 1. The number of fused-ring (bicyclic) bond motifs is 1. The molecular weight excluding hydrogens is 277 g/mol. The highest BCUT2D eigenvalue weighted by molar-refractivity contribution is 7.18. The van der Waals surface area contributed by atoms with Gasteiger partial charge in [-0.1, -0.05) is 12.1 Å². The first-order chi connectivity index (χ1) is 9.26. The Hall–Kier alpha value is -1.44. The lowest BCUT2D eigenvalue weighted by Crippen LogP contribution is -2.30. The van der Waals surface area contributed by atoms with Crippen molar-refractivity contribution in [2.75, 3.05) is 0 Å². The Morgan fingerprint density at radius 1 is 1.40 bits per heavy atom. The van der Waals surface area contributed by atoms with Gasteiger partial charge in [0.25, 0.3) is 0 Å². The topological polar surface area (TPSA) is 79.7 Å². The molecule has 2 aromatic rings. The van der Waals surface area contributed by atoms with Crippen molar-refractivity contribution >= 4 is 40.1 Å². The van der Waals surface area contributed by atoms with Gasteiger partial charge in [-0.05, 0) is 26.8 Å². The van der Waals surface area contributed by atoms with Crippen molar-refractivity contribution in [3.8, 4) is 0 Å². The number of ether oxygens (including phenoxy) is 1. The van der Waals surface area contributed by atoms with Gasteiger partial charge in [-0.2, -0.15) is 0 Å². The molecule has 0 saturated heterocycles. The summed E-state index contributed by atoms with van der Waals surface area (Å²) in [5.41, 5.74) is 0.334. The molecule has 0 unspecified atom stereocenters. The van der Waals surface area contributed by atoms with Gasteiger partial charge in [0.1, 0.15) is 10.6 Å². The molecule has 1 aromatic heterocycles. The zero-order valence-corrected chi connectivity index (χ0v) is 12.4. The van der Waals surface area contributed by atoms with E-state index in [0.717, 1.165) is 4.70 Å². The summed E-state index contributed by atoms with van der Waals surface area (Å²) in [6.07, 6.45) is 0.0809. The summed E-state index contributed by atoms with van der Waals surface area (Å²) in [7, 11) is -1.57. The number of rotatable bonds is 3. The minimum absolute atomic E-state index is 0.0809. The summed E-state index contributed by atoms with van der Waals surface area (Å²) in [5.74, 6) is -0.345. The second-order valence-electron chi connectivity index (χ2n) is 5.44. The molecule has 0 amide bonds. The van der Waals surface area contributed by atoms with Crippen molar-refractivity contribution in [3.63, 3.8) is 0 Å². The van der Waals surface area contributed by atoms with Gasteiger partial charge in [0.15, 0.2) is 0 Å². The van der Waals surface area contributed by atoms with E-state index in [1.165, 1.54) is 11.3 Å². The van der Waals surface area contributed by atoms with Crippen LogP contribution < -0.4 is 5.46 Å². The van der Waals surface area contributed by atoms with Crippen LogP contribution in [0.2, 0.25) is 0 Å². The molecule has 1 heterocycles. The van der Waals surface area contributed by atoms with Crippen LogP contribution >= 0.6 is 11.3 Å². The molecule has 0 bridgehead atoms. The van der Waals surface area contributed by atoms with Gasteiger partial charge in [0.05, 0.1) is 16.6 Å². The molecule has 0 aliphatic rings. The average Bonchev–Trinajstić information content (AvgIpc) is 2.67. The van der Waals surface area contributed by atoms with Gasteiger partial charge < -0.3 is 14.8 Å². The lowest BCUT2D eigenvalue weighted by Gasteiger charge is -2.18. The van der Waals surface area contributed by atoms with Gasteiger partial charge in [-0.25, -0.2) is 4.98 Å². The molecule has 2 N–H and O–H groups in total. The quantitative estimate of drug-likeness (QED) is 0.648. The van der Waals surface area contributed by atoms with E-state index >= 15 is 0 Å². The molecule has 5 nitrogen and oxygen atoms in total. The Kier molecular flexibility index (Phi) is 4.13. The minimum atomic E-state index is -1.57. The van der Waals surface area contributed by atoms with Gasteiger partial charge in [-0.3, -0.25) is 4.79 Å². The van der Waals surface area contributed by atoms with E-state index in [-0.39, 0.29) is 12.4 Å². The number of thiazole rings is 1. The summed E-state index contributed by atoms with van der Waals surface area (Å²) >= 11 is 1.35. The number of hydrogen-bond donors (Lipinski definition) is 2. The van der Waals surface area contributed by atoms with Crippen LogP contribution in [0.1, 0.15) is 25.8 Å². The van der Waals surface area contributed by atoms with E-state index in [9.17, 15) is 14.8 Å². The van der Waals surface area contributed by atoms with E-state index in [1.807, 2.05) is 26.8 Å². The van der Waals surface area contributed by atoms with Gasteiger partial charge in [-0.15, -0.1) is 11.3 Å². The standard InChI is InChI=1S/C13H16BNO4S/c1-13(2,3)19-11(16)7-10-15-12-8(14(17)18)5-4-6-9(12)20-10/h4-6,17-18H,7H2,1-3H3. The first-order valence-electron chi connectivity index (χ1n) is 6.22. The van der Waals surface area contributed by atoms with E-state index in [2.05, 4.69) is 4.98 Å². The molecule has 2 rings (SSSR count). The second kappa shape index (κ2) is 5.51. The van der Waals surface area contributed by atoms with Crippen molar-refractivity contribution in [2.45, 2.75) is 32.8 Å². The normalized spacial score (nSPS) is 11.7. The van der Waals surface area contributed by atoms with Crippen molar-refractivity contribution in [3.05, 3.63) is 23.2 Å². The van der Waals surface area contributed by atoms with Crippen molar-refractivity contribution in [1.29, 1.82) is 0 Å². The van der Waals surface area contributed by atoms with E-state index in [1.54, 1.807) is 12.1 Å². The number of carbonyl (C=O) groups excluding carboxylic acids is 1. The fourth-order valence-electron chi connectivity index (χ4n) is 1.80. The molecule has 7 heteroatoms. The highest BCUT2D eigenvalue weighted by Crippen LogP contribution is 2.22. The summed E-state index contributed by atoms with van der Waals surface area (Å²) in [6.45, 7) is 5.43. The van der Waals surface area contributed by atoms with Crippen LogP contribution in [0.5, 0.6) is 0 Å². The number of nitrogens with zero attached hydrogens (tertiary/aromatic N) is 1. The zero-order valence-electron chi connectivity index (χ0n) is 11.6. The molecule has 0 saturated carbocycles. The molecule has 0 spiro atoms. The Morgan fingerprint density at radius 2 is 2.10 bits per heavy atom. The highest BCUT2D eigenvalue weighted by atomic mass is 32.1. The molecule has 0 atom stereocenters. The van der Waals surface area contributed by atoms with Crippen molar-refractivity contribution in [1.82, 2.24) is 4.98 Å². The number of carbonyl (C=O) groups is 1. The fraction of sp³-hybridized carbons (Fsp3) is 0.385. The second-order valence-corrected chi connectivity index (χ2v) is 6.55. The van der Waals surface area contributed by atoms with E-state index in [0.29, 0.717) is 16.0 Å². The third-order valence-corrected chi connectivity index (χ3v) is 3.51. The number of benzene rings is 1. The van der Waals surface area contributed by atoms with Crippen LogP contribution in [0, 0.1) is 0 Å². The monoisotopic (exact) mass is 293 g/mol. The molecule has 0 radical (unpaired) electrons. The van der Waals surface area contributed by atoms with Crippen molar-refractivity contribution < 1.29 is 19.6 Å². The molecule has 0 aliphatic heterocycles. The number of hydrogen-bond acceptors (Lipinski definition) is 6. The van der Waals surface area contributed by atoms with Crippen LogP contribution in [0.25, 0.3) is 10.2 Å². The third kappa shape index (κ3) is 3.56. The Balaban J connectivity index is 2.24. The third-order valence-electron chi connectivity index (χ3n) is 2.49. The predicted octanol–water partition coefficient (Wildman–Crippen LogP) is 0.860. The lowest BCUT2D eigenvalue weighted by molar-refractivity contribution is -0.153. The Morgan fingerprint density at radius 3 is 2.70 bits per heavy atom. The molecule has 0 aliphatic carbocycles. The zero-order chi connectivity index (χ0) is 14.9. The smallest absolute Gasteiger partial charge is 0.460 e. The maximum absolute atomic E-state index is 11.8. The van der Waals surface area contributed by atoms with Crippen LogP contribution in [0.3, 0.4) is 0 Å². The van der Waals surface area contributed by atoms with E-state index < -0.39 is 12.7 Å². The molecule has 1 aromatic carbocycles.